The molecule has 0 aromatic carbocycles. The van der Waals surface area contributed by atoms with Crippen LogP contribution in [0.1, 0.15) is 43.8 Å². The summed E-state index contributed by atoms with van der Waals surface area (Å²) in [6.45, 7) is 7.61. The fraction of sp³-hybridized carbons (Fsp3) is 0.722. The van der Waals surface area contributed by atoms with Gasteiger partial charge >= 0.3 is 0 Å². The molecule has 28 heavy (non-hydrogen) atoms. The highest BCUT2D eigenvalue weighted by Gasteiger charge is 2.48. The molecule has 1 aromatic rings. The molecule has 0 bridgehead atoms. The van der Waals surface area contributed by atoms with Crippen molar-refractivity contribution in [3.63, 3.8) is 0 Å². The summed E-state index contributed by atoms with van der Waals surface area (Å²) in [6.07, 6.45) is 6.37. The predicted octanol–water partition coefficient (Wildman–Crippen LogP) is 1.81. The summed E-state index contributed by atoms with van der Waals surface area (Å²) in [7, 11) is -1.16. The van der Waals surface area contributed by atoms with Crippen molar-refractivity contribution >= 4 is 39.8 Å². The van der Waals surface area contributed by atoms with E-state index in [9.17, 15) is 8.42 Å². The van der Waals surface area contributed by atoms with E-state index >= 15 is 0 Å². The lowest BCUT2D eigenvalue weighted by Gasteiger charge is -2.45. The normalized spacial score (nSPS) is 21.2. The zero-order chi connectivity index (χ0) is 19.5. The number of aliphatic imine (C=N–C) groups is 1. The summed E-state index contributed by atoms with van der Waals surface area (Å²) in [5.74, 6) is 2.52. The monoisotopic (exact) mass is 522 g/mol. The van der Waals surface area contributed by atoms with Gasteiger partial charge in [0, 0.05) is 26.7 Å². The molecule has 1 aliphatic heterocycles. The fourth-order valence-electron chi connectivity index (χ4n) is 3.98. The number of aromatic nitrogens is 3. The van der Waals surface area contributed by atoms with E-state index in [1.807, 2.05) is 18.5 Å². The van der Waals surface area contributed by atoms with Gasteiger partial charge in [-0.25, -0.2) is 13.4 Å². The van der Waals surface area contributed by atoms with E-state index in [1.54, 1.807) is 6.08 Å². The number of guanidine groups is 1. The van der Waals surface area contributed by atoms with Gasteiger partial charge in [-0.3, -0.25) is 0 Å². The van der Waals surface area contributed by atoms with Crippen molar-refractivity contribution < 1.29 is 8.42 Å². The molecule has 1 saturated carbocycles. The highest BCUT2D eigenvalue weighted by Crippen LogP contribution is 2.38. The molecule has 3 rings (SSSR count). The smallest absolute Gasteiger partial charge is 0.194 e. The molecule has 10 heteroatoms. The first-order valence-corrected chi connectivity index (χ1v) is 11.3. The van der Waals surface area contributed by atoms with Crippen molar-refractivity contribution in [2.45, 2.75) is 50.3 Å². The van der Waals surface area contributed by atoms with Gasteiger partial charge in [0.15, 0.2) is 21.6 Å². The van der Waals surface area contributed by atoms with Crippen molar-refractivity contribution in [1.82, 2.24) is 25.0 Å². The minimum Gasteiger partial charge on any atom is -0.353 e. The maximum atomic E-state index is 12.8. The van der Waals surface area contributed by atoms with Gasteiger partial charge in [0.25, 0.3) is 0 Å². The minimum absolute atomic E-state index is 0. The summed E-state index contributed by atoms with van der Waals surface area (Å²) < 4.78 is 27.0. The first kappa shape index (κ1) is 23.1. The van der Waals surface area contributed by atoms with Gasteiger partial charge in [-0.05, 0) is 19.8 Å². The topological polar surface area (TPSA) is 92.5 Å². The molecule has 0 radical (unpaired) electrons. The van der Waals surface area contributed by atoms with Crippen LogP contribution < -0.4 is 5.32 Å². The molecule has 0 amide bonds. The number of nitrogens with zero attached hydrogens (tertiary/aromatic N) is 5. The highest BCUT2D eigenvalue weighted by atomic mass is 127. The Balaban J connectivity index is 0.00000280. The molecular weight excluding hydrogens is 491 g/mol. The lowest BCUT2D eigenvalue weighted by atomic mass is 9.87. The van der Waals surface area contributed by atoms with Crippen LogP contribution in [0.4, 0.5) is 0 Å². The molecular formula is C18H31IN6O2S. The van der Waals surface area contributed by atoms with Crippen LogP contribution in [0, 0.1) is 6.92 Å². The van der Waals surface area contributed by atoms with E-state index in [4.69, 9.17) is 4.99 Å². The van der Waals surface area contributed by atoms with Gasteiger partial charge in [-0.1, -0.05) is 25.3 Å². The molecule has 0 unspecified atom stereocenters. The fourth-order valence-corrected chi connectivity index (χ4v) is 6.14. The van der Waals surface area contributed by atoms with Crippen LogP contribution in [0.5, 0.6) is 0 Å². The third kappa shape index (κ3) is 4.69. The molecule has 158 valence electrons. The Bertz CT molecular complexity index is 814. The third-order valence-electron chi connectivity index (χ3n) is 5.79. The number of nitrogens with one attached hydrogen (secondary N) is 1. The van der Waals surface area contributed by atoms with Crippen molar-refractivity contribution in [2.75, 3.05) is 25.4 Å². The number of hydrogen-bond donors (Lipinski definition) is 1. The van der Waals surface area contributed by atoms with Crippen molar-refractivity contribution in [3.8, 4) is 0 Å². The van der Waals surface area contributed by atoms with Gasteiger partial charge in [-0.2, -0.15) is 0 Å². The second-order valence-electron chi connectivity index (χ2n) is 7.52. The average molecular weight is 522 g/mol. The molecule has 1 spiro atoms. The van der Waals surface area contributed by atoms with Gasteiger partial charge in [0.2, 0.25) is 0 Å². The molecule has 8 nitrogen and oxygen atoms in total. The Hall–Kier alpha value is -1.17. The molecule has 2 fully saturated rings. The lowest BCUT2D eigenvalue weighted by molar-refractivity contribution is 0.274. The maximum Gasteiger partial charge on any atom is 0.194 e. The summed E-state index contributed by atoms with van der Waals surface area (Å²) in [5.41, 5.74) is 0. The number of rotatable bonds is 4. The summed E-state index contributed by atoms with van der Waals surface area (Å²) in [5, 5.41) is 11.5. The maximum absolute atomic E-state index is 12.8. The highest BCUT2D eigenvalue weighted by molar-refractivity contribution is 14.0. The van der Waals surface area contributed by atoms with Crippen LogP contribution in [-0.4, -0.2) is 64.2 Å². The minimum atomic E-state index is -3.07. The zero-order valence-electron chi connectivity index (χ0n) is 16.7. The summed E-state index contributed by atoms with van der Waals surface area (Å²) in [4.78, 5) is 6.82. The number of sulfone groups is 1. The quantitative estimate of drug-likeness (QED) is 0.281. The van der Waals surface area contributed by atoms with E-state index in [-0.39, 0.29) is 29.7 Å². The Kier molecular flexibility index (Phi) is 7.89. The summed E-state index contributed by atoms with van der Waals surface area (Å²) in [6, 6.07) is 0. The summed E-state index contributed by atoms with van der Waals surface area (Å²) >= 11 is 0. The van der Waals surface area contributed by atoms with E-state index in [0.717, 1.165) is 49.7 Å². The molecule has 2 aliphatic rings. The molecule has 1 saturated heterocycles. The number of hydrogen-bond acceptors (Lipinski definition) is 5. The first-order chi connectivity index (χ1) is 12.9. The second-order valence-corrected chi connectivity index (χ2v) is 10.0. The molecule has 0 atom stereocenters. The van der Waals surface area contributed by atoms with Crippen LogP contribution in [0.25, 0.3) is 0 Å². The molecule has 1 N–H and O–H groups in total. The Morgan fingerprint density at radius 1 is 1.32 bits per heavy atom. The SMILES string of the molecule is C=CCNC(=NCc1nnc(C)n1C)N1CCS(=O)(=O)C2(CCCCC2)C1.I. The van der Waals surface area contributed by atoms with Crippen molar-refractivity contribution in [3.05, 3.63) is 24.3 Å². The lowest BCUT2D eigenvalue weighted by Crippen LogP contribution is -2.60. The van der Waals surface area contributed by atoms with Crippen LogP contribution in [0.3, 0.4) is 0 Å². The molecule has 2 heterocycles. The van der Waals surface area contributed by atoms with Crippen molar-refractivity contribution in [1.29, 1.82) is 0 Å². The van der Waals surface area contributed by atoms with Gasteiger partial charge in [0.1, 0.15) is 12.4 Å². The van der Waals surface area contributed by atoms with Gasteiger partial charge < -0.3 is 14.8 Å². The number of halogens is 1. The first-order valence-electron chi connectivity index (χ1n) is 9.60. The second kappa shape index (κ2) is 9.55. The predicted molar refractivity (Wildman–Crippen MR) is 122 cm³/mol. The van der Waals surface area contributed by atoms with E-state index in [0.29, 0.717) is 26.2 Å². The van der Waals surface area contributed by atoms with E-state index in [2.05, 4.69) is 27.0 Å². The third-order valence-corrected chi connectivity index (χ3v) is 8.37. The Morgan fingerprint density at radius 2 is 2.04 bits per heavy atom. The Morgan fingerprint density at radius 3 is 2.64 bits per heavy atom. The van der Waals surface area contributed by atoms with Crippen LogP contribution in [0.15, 0.2) is 17.6 Å². The van der Waals surface area contributed by atoms with Gasteiger partial charge in [-0.15, -0.1) is 40.8 Å². The van der Waals surface area contributed by atoms with E-state index in [1.165, 1.54) is 0 Å². The zero-order valence-corrected chi connectivity index (χ0v) is 19.9. The molecule has 1 aromatic heterocycles. The van der Waals surface area contributed by atoms with Crippen LogP contribution >= 0.6 is 24.0 Å². The molecule has 1 aliphatic carbocycles. The number of aryl methyl sites for hydroxylation is 1. The van der Waals surface area contributed by atoms with Gasteiger partial charge in [0.05, 0.1) is 10.5 Å². The van der Waals surface area contributed by atoms with Crippen LogP contribution in [-0.2, 0) is 23.4 Å². The Labute approximate surface area is 184 Å². The standard InChI is InChI=1S/C18H30N6O2S.HI/c1-4-10-19-17(20-13-16-22-21-15(2)23(16)3)24-11-12-27(25,26)18(14-24)8-6-5-7-9-18;/h4H,1,5-14H2,2-3H3,(H,19,20);1H. The largest absolute Gasteiger partial charge is 0.353 e. The average Bonchev–Trinajstić information content (AvgIpc) is 2.97. The van der Waals surface area contributed by atoms with Crippen molar-refractivity contribution in [2.24, 2.45) is 12.0 Å². The van der Waals surface area contributed by atoms with E-state index < -0.39 is 14.6 Å². The van der Waals surface area contributed by atoms with Crippen LogP contribution in [0.2, 0.25) is 0 Å².